The molecule has 0 bridgehead atoms. The fourth-order valence-corrected chi connectivity index (χ4v) is 2.23. The van der Waals surface area contributed by atoms with E-state index in [-0.39, 0.29) is 31.0 Å². The van der Waals surface area contributed by atoms with Crippen molar-refractivity contribution in [2.45, 2.75) is 19.9 Å². The molecular weight excluding hydrogens is 330 g/mol. The van der Waals surface area contributed by atoms with E-state index < -0.39 is 0 Å². The fourth-order valence-electron chi connectivity index (χ4n) is 2.23. The monoisotopic (exact) mass is 351 g/mol. The van der Waals surface area contributed by atoms with Gasteiger partial charge in [0.15, 0.2) is 6.61 Å². The van der Waals surface area contributed by atoms with Crippen molar-refractivity contribution in [3.63, 3.8) is 0 Å². The van der Waals surface area contributed by atoms with Gasteiger partial charge in [-0.3, -0.25) is 9.59 Å². The zero-order valence-corrected chi connectivity index (χ0v) is 14.8. The number of rotatable bonds is 7. The van der Waals surface area contributed by atoms with Crippen molar-refractivity contribution < 1.29 is 14.3 Å². The van der Waals surface area contributed by atoms with E-state index >= 15 is 0 Å². The Hall–Kier alpha value is -3.33. The van der Waals surface area contributed by atoms with Gasteiger partial charge < -0.3 is 15.4 Å². The molecule has 26 heavy (non-hydrogen) atoms. The quantitative estimate of drug-likeness (QED) is 0.800. The SMILES string of the molecule is CC(C)NC(=O)CNC(=O)COc1ccc(-c2ccc(C#N)cc2)cc1. The Morgan fingerprint density at radius 3 is 2.12 bits per heavy atom. The van der Waals surface area contributed by atoms with Crippen molar-refractivity contribution in [3.8, 4) is 22.9 Å². The van der Waals surface area contributed by atoms with E-state index in [1.807, 2.05) is 38.1 Å². The Morgan fingerprint density at radius 1 is 1.00 bits per heavy atom. The molecule has 6 nitrogen and oxygen atoms in total. The van der Waals surface area contributed by atoms with Crippen LogP contribution in [0.2, 0.25) is 0 Å². The molecular formula is C20H21N3O3. The highest BCUT2D eigenvalue weighted by Crippen LogP contribution is 2.22. The Kier molecular flexibility index (Phi) is 6.75. The number of amides is 2. The summed E-state index contributed by atoms with van der Waals surface area (Å²) in [6, 6.07) is 16.7. The van der Waals surface area contributed by atoms with Gasteiger partial charge in [0.05, 0.1) is 18.2 Å². The van der Waals surface area contributed by atoms with Gasteiger partial charge >= 0.3 is 0 Å². The average molecular weight is 351 g/mol. The normalized spacial score (nSPS) is 10.1. The molecule has 6 heteroatoms. The number of hydrogen-bond donors (Lipinski definition) is 2. The summed E-state index contributed by atoms with van der Waals surface area (Å²) in [5, 5.41) is 14.0. The van der Waals surface area contributed by atoms with E-state index in [4.69, 9.17) is 10.00 Å². The lowest BCUT2D eigenvalue weighted by molar-refractivity contribution is -0.127. The predicted molar refractivity (Wildman–Crippen MR) is 98.4 cm³/mol. The highest BCUT2D eigenvalue weighted by molar-refractivity contribution is 5.85. The first-order valence-corrected chi connectivity index (χ1v) is 8.27. The summed E-state index contributed by atoms with van der Waals surface area (Å²) >= 11 is 0. The van der Waals surface area contributed by atoms with Crippen molar-refractivity contribution >= 4 is 11.8 Å². The number of carbonyl (C=O) groups is 2. The van der Waals surface area contributed by atoms with Gasteiger partial charge in [0.2, 0.25) is 5.91 Å². The average Bonchev–Trinajstić information content (AvgIpc) is 2.64. The Morgan fingerprint density at radius 2 is 1.58 bits per heavy atom. The third-order valence-corrected chi connectivity index (χ3v) is 3.47. The molecule has 0 aliphatic heterocycles. The van der Waals surface area contributed by atoms with Gasteiger partial charge in [0.1, 0.15) is 5.75 Å². The van der Waals surface area contributed by atoms with Crippen LogP contribution >= 0.6 is 0 Å². The van der Waals surface area contributed by atoms with Crippen LogP contribution < -0.4 is 15.4 Å². The van der Waals surface area contributed by atoms with Crippen LogP contribution in [0, 0.1) is 11.3 Å². The summed E-state index contributed by atoms with van der Waals surface area (Å²) in [5.41, 5.74) is 2.59. The largest absolute Gasteiger partial charge is 0.484 e. The molecule has 0 saturated heterocycles. The minimum Gasteiger partial charge on any atom is -0.484 e. The van der Waals surface area contributed by atoms with E-state index in [0.717, 1.165) is 11.1 Å². The number of nitriles is 1. The second-order valence-corrected chi connectivity index (χ2v) is 6.00. The maximum absolute atomic E-state index is 11.7. The van der Waals surface area contributed by atoms with Crippen LogP contribution in [0.15, 0.2) is 48.5 Å². The molecule has 0 aliphatic rings. The van der Waals surface area contributed by atoms with Crippen molar-refractivity contribution in [1.29, 1.82) is 5.26 Å². The summed E-state index contributed by atoms with van der Waals surface area (Å²) in [6.07, 6.45) is 0. The molecule has 0 heterocycles. The smallest absolute Gasteiger partial charge is 0.258 e. The summed E-state index contributed by atoms with van der Waals surface area (Å²) in [7, 11) is 0. The number of ether oxygens (including phenoxy) is 1. The lowest BCUT2D eigenvalue weighted by Crippen LogP contribution is -2.41. The molecule has 2 amide bonds. The van der Waals surface area contributed by atoms with E-state index in [0.29, 0.717) is 11.3 Å². The summed E-state index contributed by atoms with van der Waals surface area (Å²) in [4.78, 5) is 23.2. The fraction of sp³-hybridized carbons (Fsp3) is 0.250. The van der Waals surface area contributed by atoms with Crippen LogP contribution in [0.3, 0.4) is 0 Å². The zero-order valence-electron chi connectivity index (χ0n) is 14.8. The zero-order chi connectivity index (χ0) is 18.9. The molecule has 0 unspecified atom stereocenters. The van der Waals surface area contributed by atoms with Gasteiger partial charge in [-0.15, -0.1) is 0 Å². The highest BCUT2D eigenvalue weighted by Gasteiger charge is 2.07. The predicted octanol–water partition coefficient (Wildman–Crippen LogP) is 2.24. The lowest BCUT2D eigenvalue weighted by atomic mass is 10.0. The maximum Gasteiger partial charge on any atom is 0.258 e. The van der Waals surface area contributed by atoms with Crippen molar-refractivity contribution in [3.05, 3.63) is 54.1 Å². The highest BCUT2D eigenvalue weighted by atomic mass is 16.5. The molecule has 0 aliphatic carbocycles. The van der Waals surface area contributed by atoms with Crippen molar-refractivity contribution in [1.82, 2.24) is 10.6 Å². The summed E-state index contributed by atoms with van der Waals surface area (Å²) < 4.78 is 5.42. The molecule has 0 spiro atoms. The third kappa shape index (κ3) is 5.95. The van der Waals surface area contributed by atoms with Gasteiger partial charge in [-0.2, -0.15) is 5.26 Å². The molecule has 0 atom stereocenters. The number of nitrogens with one attached hydrogen (secondary N) is 2. The van der Waals surface area contributed by atoms with Crippen LogP contribution in [0.4, 0.5) is 0 Å². The van der Waals surface area contributed by atoms with Crippen LogP contribution in [0.5, 0.6) is 5.75 Å². The number of benzene rings is 2. The maximum atomic E-state index is 11.7. The summed E-state index contributed by atoms with van der Waals surface area (Å²) in [5.74, 6) is -0.0376. The van der Waals surface area contributed by atoms with Gasteiger partial charge in [0, 0.05) is 6.04 Å². The van der Waals surface area contributed by atoms with Crippen LogP contribution in [-0.4, -0.2) is 31.0 Å². The minimum atomic E-state index is -0.361. The van der Waals surface area contributed by atoms with Crippen molar-refractivity contribution in [2.24, 2.45) is 0 Å². The Balaban J connectivity index is 1.82. The molecule has 0 fully saturated rings. The molecule has 134 valence electrons. The van der Waals surface area contributed by atoms with E-state index in [2.05, 4.69) is 16.7 Å². The standard InChI is InChI=1S/C20H21N3O3/c1-14(2)23-19(24)12-22-20(25)13-26-18-9-7-17(8-10-18)16-5-3-15(11-21)4-6-16/h3-10,14H,12-13H2,1-2H3,(H,22,25)(H,23,24). The molecule has 2 aromatic carbocycles. The summed E-state index contributed by atoms with van der Waals surface area (Å²) in [6.45, 7) is 3.47. The van der Waals surface area contributed by atoms with Crippen LogP contribution in [0.25, 0.3) is 11.1 Å². The van der Waals surface area contributed by atoms with E-state index in [9.17, 15) is 9.59 Å². The third-order valence-electron chi connectivity index (χ3n) is 3.47. The van der Waals surface area contributed by atoms with Gasteiger partial charge in [-0.25, -0.2) is 0 Å². The van der Waals surface area contributed by atoms with Gasteiger partial charge in [-0.05, 0) is 49.2 Å². The first kappa shape index (κ1) is 19.0. The van der Waals surface area contributed by atoms with Gasteiger partial charge in [-0.1, -0.05) is 24.3 Å². The number of hydrogen-bond acceptors (Lipinski definition) is 4. The van der Waals surface area contributed by atoms with E-state index in [1.54, 1.807) is 24.3 Å². The first-order chi connectivity index (χ1) is 12.5. The molecule has 0 aromatic heterocycles. The Bertz CT molecular complexity index is 791. The van der Waals surface area contributed by atoms with E-state index in [1.165, 1.54) is 0 Å². The minimum absolute atomic E-state index is 0.0327. The second-order valence-electron chi connectivity index (χ2n) is 6.00. The van der Waals surface area contributed by atoms with Crippen molar-refractivity contribution in [2.75, 3.05) is 13.2 Å². The van der Waals surface area contributed by atoms with Gasteiger partial charge in [0.25, 0.3) is 5.91 Å². The van der Waals surface area contributed by atoms with Crippen LogP contribution in [-0.2, 0) is 9.59 Å². The van der Waals surface area contributed by atoms with Crippen LogP contribution in [0.1, 0.15) is 19.4 Å². The molecule has 0 saturated carbocycles. The first-order valence-electron chi connectivity index (χ1n) is 8.27. The topological polar surface area (TPSA) is 91.2 Å². The molecule has 2 rings (SSSR count). The molecule has 0 radical (unpaired) electrons. The molecule has 2 aromatic rings. The lowest BCUT2D eigenvalue weighted by Gasteiger charge is -2.10. The second kappa shape index (κ2) is 9.23. The molecule has 2 N–H and O–H groups in total. The number of carbonyl (C=O) groups excluding carboxylic acids is 2. The Labute approximate surface area is 152 Å². The number of nitrogens with zero attached hydrogens (tertiary/aromatic N) is 1.